The summed E-state index contributed by atoms with van der Waals surface area (Å²) in [5.41, 5.74) is 8.70. The van der Waals surface area contributed by atoms with Crippen LogP contribution in [0.25, 0.3) is 0 Å². The van der Waals surface area contributed by atoms with Crippen LogP contribution in [-0.2, 0) is 13.0 Å². The van der Waals surface area contributed by atoms with Crippen LogP contribution in [0.2, 0.25) is 0 Å². The maximum Gasteiger partial charge on any atom is 0.129 e. The molecule has 21 heavy (non-hydrogen) atoms. The summed E-state index contributed by atoms with van der Waals surface area (Å²) in [4.78, 5) is 0.368. The summed E-state index contributed by atoms with van der Waals surface area (Å²) in [7, 11) is 0. The van der Waals surface area contributed by atoms with Gasteiger partial charge in [0.15, 0.2) is 0 Å². The Bertz CT molecular complexity index is 703. The molecule has 0 saturated heterocycles. The molecular weight excluding hydrogens is 350 g/mol. The molecule has 2 aromatic carbocycles. The first-order chi connectivity index (χ1) is 10.1. The van der Waals surface area contributed by atoms with Gasteiger partial charge in [-0.3, -0.25) is 0 Å². The summed E-state index contributed by atoms with van der Waals surface area (Å²) >= 11 is 8.51. The lowest BCUT2D eigenvalue weighted by atomic mass is 10.1. The highest BCUT2D eigenvalue weighted by Crippen LogP contribution is 2.33. The lowest BCUT2D eigenvalue weighted by Crippen LogP contribution is -2.09. The molecular formula is C16H14BrNO2S. The smallest absolute Gasteiger partial charge is 0.129 e. The second-order valence-electron chi connectivity index (χ2n) is 4.83. The quantitative estimate of drug-likeness (QED) is 0.842. The van der Waals surface area contributed by atoms with Gasteiger partial charge < -0.3 is 15.2 Å². The summed E-state index contributed by atoms with van der Waals surface area (Å²) < 4.78 is 12.6. The average Bonchev–Trinajstić information content (AvgIpc) is 2.93. The highest BCUT2D eigenvalue weighted by atomic mass is 79.9. The molecule has 0 fully saturated rings. The molecule has 5 heteroatoms. The summed E-state index contributed by atoms with van der Waals surface area (Å²) in [5, 5.41) is 0. The van der Waals surface area contributed by atoms with Crippen molar-refractivity contribution in [3.05, 3.63) is 57.6 Å². The van der Waals surface area contributed by atoms with E-state index in [0.29, 0.717) is 11.6 Å². The third-order valence-corrected chi connectivity index (χ3v) is 4.03. The normalized spacial score (nSPS) is 12.6. The second kappa shape index (κ2) is 6.03. The molecule has 2 aromatic rings. The van der Waals surface area contributed by atoms with E-state index in [0.717, 1.165) is 40.1 Å². The fraction of sp³-hybridized carbons (Fsp3) is 0.188. The van der Waals surface area contributed by atoms with Crippen LogP contribution in [-0.4, -0.2) is 11.6 Å². The van der Waals surface area contributed by atoms with Crippen LogP contribution in [0.5, 0.6) is 11.5 Å². The Balaban J connectivity index is 1.79. The molecule has 3 nitrogen and oxygen atoms in total. The van der Waals surface area contributed by atoms with E-state index in [2.05, 4.69) is 22.0 Å². The highest BCUT2D eigenvalue weighted by Gasteiger charge is 2.17. The van der Waals surface area contributed by atoms with Crippen LogP contribution in [0.1, 0.15) is 16.7 Å². The molecule has 3 rings (SSSR count). The molecule has 0 amide bonds. The zero-order chi connectivity index (χ0) is 14.8. The van der Waals surface area contributed by atoms with E-state index in [9.17, 15) is 0 Å². The molecule has 0 unspecified atom stereocenters. The van der Waals surface area contributed by atoms with Crippen molar-refractivity contribution in [3.63, 3.8) is 0 Å². The molecule has 1 aliphatic rings. The van der Waals surface area contributed by atoms with Gasteiger partial charge in [-0.1, -0.05) is 40.3 Å². The Morgan fingerprint density at radius 1 is 1.33 bits per heavy atom. The van der Waals surface area contributed by atoms with Crippen LogP contribution < -0.4 is 15.2 Å². The summed E-state index contributed by atoms with van der Waals surface area (Å²) in [6, 6.07) is 11.6. The summed E-state index contributed by atoms with van der Waals surface area (Å²) in [6.07, 6.45) is 0.943. The van der Waals surface area contributed by atoms with Crippen LogP contribution in [0, 0.1) is 0 Å². The van der Waals surface area contributed by atoms with Crippen molar-refractivity contribution in [2.24, 2.45) is 5.73 Å². The SMILES string of the molecule is NC(=S)c1cccc(OCc2cc(Br)cc3c2OCC3)c1. The Hall–Kier alpha value is -1.59. The number of hydrogen-bond acceptors (Lipinski definition) is 3. The molecule has 0 spiro atoms. The summed E-state index contributed by atoms with van der Waals surface area (Å²) in [6.45, 7) is 1.18. The molecule has 108 valence electrons. The largest absolute Gasteiger partial charge is 0.493 e. The minimum atomic E-state index is 0.368. The first-order valence-corrected chi connectivity index (χ1v) is 7.80. The van der Waals surface area contributed by atoms with Crippen molar-refractivity contribution >= 4 is 33.1 Å². The molecule has 0 bridgehead atoms. The van der Waals surface area contributed by atoms with Crippen molar-refractivity contribution in [3.8, 4) is 11.5 Å². The minimum Gasteiger partial charge on any atom is -0.493 e. The fourth-order valence-electron chi connectivity index (χ4n) is 2.35. The number of fused-ring (bicyclic) bond motifs is 1. The molecule has 0 saturated carbocycles. The number of ether oxygens (including phenoxy) is 2. The number of thiocarbonyl (C=S) groups is 1. The van der Waals surface area contributed by atoms with Crippen molar-refractivity contribution in [1.82, 2.24) is 0 Å². The van der Waals surface area contributed by atoms with Crippen LogP contribution >= 0.6 is 28.1 Å². The lowest BCUT2D eigenvalue weighted by Gasteiger charge is -2.11. The standard InChI is InChI=1S/C16H14BrNO2S/c17-13-6-10-4-5-19-15(10)12(7-13)9-20-14-3-1-2-11(8-14)16(18)21/h1-3,6-8H,4-5,9H2,(H2,18,21). The average molecular weight is 364 g/mol. The van der Waals surface area contributed by atoms with Gasteiger partial charge in [-0.2, -0.15) is 0 Å². The first kappa shape index (κ1) is 14.4. The zero-order valence-electron chi connectivity index (χ0n) is 11.3. The van der Waals surface area contributed by atoms with Gasteiger partial charge in [-0.25, -0.2) is 0 Å². The van der Waals surface area contributed by atoms with Gasteiger partial charge in [0.25, 0.3) is 0 Å². The first-order valence-electron chi connectivity index (χ1n) is 6.60. The van der Waals surface area contributed by atoms with Gasteiger partial charge in [0.05, 0.1) is 6.61 Å². The van der Waals surface area contributed by atoms with E-state index in [-0.39, 0.29) is 0 Å². The van der Waals surface area contributed by atoms with E-state index < -0.39 is 0 Å². The third kappa shape index (κ3) is 3.19. The van der Waals surface area contributed by atoms with E-state index in [4.69, 9.17) is 27.4 Å². The Morgan fingerprint density at radius 3 is 3.00 bits per heavy atom. The van der Waals surface area contributed by atoms with Gasteiger partial charge in [0.2, 0.25) is 0 Å². The summed E-state index contributed by atoms with van der Waals surface area (Å²) in [5.74, 6) is 1.69. The van der Waals surface area contributed by atoms with Gasteiger partial charge in [-0.05, 0) is 29.8 Å². The third-order valence-electron chi connectivity index (χ3n) is 3.34. The molecule has 0 aromatic heterocycles. The molecule has 0 aliphatic carbocycles. The van der Waals surface area contributed by atoms with E-state index in [1.54, 1.807) is 0 Å². The van der Waals surface area contributed by atoms with E-state index in [1.165, 1.54) is 5.56 Å². The van der Waals surface area contributed by atoms with Crippen LogP contribution in [0.4, 0.5) is 0 Å². The van der Waals surface area contributed by atoms with Crippen molar-refractivity contribution in [2.45, 2.75) is 13.0 Å². The molecule has 0 radical (unpaired) electrons. The zero-order valence-corrected chi connectivity index (χ0v) is 13.7. The van der Waals surface area contributed by atoms with Gasteiger partial charge in [0, 0.05) is 22.0 Å². The topological polar surface area (TPSA) is 44.5 Å². The van der Waals surface area contributed by atoms with Gasteiger partial charge >= 0.3 is 0 Å². The minimum absolute atomic E-state index is 0.368. The molecule has 2 N–H and O–H groups in total. The maximum atomic E-state index is 5.85. The second-order valence-corrected chi connectivity index (χ2v) is 6.19. The fourth-order valence-corrected chi connectivity index (χ4v) is 3.03. The molecule has 0 atom stereocenters. The Morgan fingerprint density at radius 2 is 2.19 bits per heavy atom. The van der Waals surface area contributed by atoms with Crippen molar-refractivity contribution < 1.29 is 9.47 Å². The predicted molar refractivity (Wildman–Crippen MR) is 90.0 cm³/mol. The van der Waals surface area contributed by atoms with Gasteiger partial charge in [0.1, 0.15) is 23.1 Å². The number of hydrogen-bond donors (Lipinski definition) is 1. The van der Waals surface area contributed by atoms with E-state index in [1.807, 2.05) is 30.3 Å². The van der Waals surface area contributed by atoms with Crippen LogP contribution in [0.3, 0.4) is 0 Å². The maximum absolute atomic E-state index is 5.85. The molecule has 1 heterocycles. The van der Waals surface area contributed by atoms with Crippen LogP contribution in [0.15, 0.2) is 40.9 Å². The van der Waals surface area contributed by atoms with Crippen molar-refractivity contribution in [1.29, 1.82) is 0 Å². The predicted octanol–water partition coefficient (Wildman–Crippen LogP) is 3.60. The number of nitrogens with two attached hydrogens (primary N) is 1. The lowest BCUT2D eigenvalue weighted by molar-refractivity contribution is 0.292. The van der Waals surface area contributed by atoms with Crippen molar-refractivity contribution in [2.75, 3.05) is 6.61 Å². The Labute approximate surface area is 137 Å². The number of benzene rings is 2. The number of rotatable bonds is 4. The number of halogens is 1. The van der Waals surface area contributed by atoms with Gasteiger partial charge in [-0.15, -0.1) is 0 Å². The Kier molecular flexibility index (Phi) is 4.12. The molecule has 1 aliphatic heterocycles. The van der Waals surface area contributed by atoms with E-state index >= 15 is 0 Å². The highest BCUT2D eigenvalue weighted by molar-refractivity contribution is 9.10. The monoisotopic (exact) mass is 363 g/mol.